The van der Waals surface area contributed by atoms with Crippen LogP contribution in [0.3, 0.4) is 0 Å². The number of unbranched alkanes of at least 4 members (excludes halogenated alkanes) is 2. The Kier molecular flexibility index (Phi) is 5.80. The average Bonchev–Trinajstić information content (AvgIpc) is 2.28. The monoisotopic (exact) mass is 258 g/mol. The lowest BCUT2D eigenvalue weighted by molar-refractivity contribution is 0.0692. The minimum atomic E-state index is -1.04. The third-order valence-electron chi connectivity index (χ3n) is 2.23. The van der Waals surface area contributed by atoms with Crippen molar-refractivity contribution in [2.75, 3.05) is 13.2 Å². The van der Waals surface area contributed by atoms with Crippen molar-refractivity contribution in [2.45, 2.75) is 19.3 Å². The van der Waals surface area contributed by atoms with Crippen LogP contribution in [0.15, 0.2) is 18.2 Å². The summed E-state index contributed by atoms with van der Waals surface area (Å²) in [7, 11) is 0. The van der Waals surface area contributed by atoms with Crippen molar-refractivity contribution in [3.63, 3.8) is 0 Å². The minimum Gasteiger partial charge on any atom is -0.493 e. The van der Waals surface area contributed by atoms with Gasteiger partial charge in [-0.2, -0.15) is 0 Å². The highest BCUT2D eigenvalue weighted by molar-refractivity contribution is 6.30. The molecule has 0 spiro atoms. The Bertz CT molecular complexity index is 379. The van der Waals surface area contributed by atoms with Gasteiger partial charge in [-0.05, 0) is 37.5 Å². The van der Waals surface area contributed by atoms with Crippen LogP contribution in [0.1, 0.15) is 29.6 Å². The first-order valence-corrected chi connectivity index (χ1v) is 5.79. The maximum Gasteiger partial charge on any atom is 0.339 e. The van der Waals surface area contributed by atoms with Gasteiger partial charge in [-0.3, -0.25) is 0 Å². The topological polar surface area (TPSA) is 66.8 Å². The molecule has 0 aromatic heterocycles. The second-order valence-corrected chi connectivity index (χ2v) is 4.01. The van der Waals surface area contributed by atoms with Crippen molar-refractivity contribution in [3.05, 3.63) is 28.8 Å². The number of carboxylic acids is 1. The summed E-state index contributed by atoms with van der Waals surface area (Å²) in [6, 6.07) is 4.44. The van der Waals surface area contributed by atoms with Crippen LogP contribution >= 0.6 is 11.6 Å². The van der Waals surface area contributed by atoms with Crippen molar-refractivity contribution < 1.29 is 19.7 Å². The van der Waals surface area contributed by atoms with E-state index in [2.05, 4.69) is 0 Å². The number of aliphatic hydroxyl groups is 1. The molecule has 0 heterocycles. The summed E-state index contributed by atoms with van der Waals surface area (Å²) in [6.07, 6.45) is 2.34. The summed E-state index contributed by atoms with van der Waals surface area (Å²) in [5.41, 5.74) is 0.108. The molecule has 0 amide bonds. The summed E-state index contributed by atoms with van der Waals surface area (Å²) < 4.78 is 5.38. The van der Waals surface area contributed by atoms with Crippen molar-refractivity contribution >= 4 is 17.6 Å². The zero-order valence-electron chi connectivity index (χ0n) is 9.36. The Morgan fingerprint density at radius 2 is 2.06 bits per heavy atom. The van der Waals surface area contributed by atoms with Crippen LogP contribution in [0.5, 0.6) is 5.75 Å². The van der Waals surface area contributed by atoms with Crippen LogP contribution in [0.2, 0.25) is 5.02 Å². The van der Waals surface area contributed by atoms with Crippen molar-refractivity contribution in [1.82, 2.24) is 0 Å². The zero-order chi connectivity index (χ0) is 12.7. The lowest BCUT2D eigenvalue weighted by Crippen LogP contribution is -2.04. The normalized spacial score (nSPS) is 10.2. The molecule has 0 saturated carbocycles. The van der Waals surface area contributed by atoms with Crippen molar-refractivity contribution in [1.29, 1.82) is 0 Å². The molecule has 1 aromatic carbocycles. The van der Waals surface area contributed by atoms with Gasteiger partial charge in [0, 0.05) is 11.6 Å². The zero-order valence-corrected chi connectivity index (χ0v) is 10.1. The molecule has 1 aromatic rings. The number of benzene rings is 1. The second kappa shape index (κ2) is 7.14. The van der Waals surface area contributed by atoms with E-state index in [4.69, 9.17) is 26.6 Å². The fourth-order valence-electron chi connectivity index (χ4n) is 1.37. The summed E-state index contributed by atoms with van der Waals surface area (Å²) >= 11 is 5.78. The number of hydrogen-bond donors (Lipinski definition) is 2. The SMILES string of the molecule is O=C(O)c1ccc(Cl)cc1OCCCCCO. The minimum absolute atomic E-state index is 0.108. The first-order valence-electron chi connectivity index (χ1n) is 5.41. The lowest BCUT2D eigenvalue weighted by atomic mass is 10.2. The number of carboxylic acid groups (broad SMARTS) is 1. The highest BCUT2D eigenvalue weighted by atomic mass is 35.5. The van der Waals surface area contributed by atoms with Crippen LogP contribution in [0.25, 0.3) is 0 Å². The molecule has 0 bridgehead atoms. The van der Waals surface area contributed by atoms with E-state index in [-0.39, 0.29) is 17.9 Å². The van der Waals surface area contributed by atoms with E-state index in [0.717, 1.165) is 19.3 Å². The number of ether oxygens (including phenoxy) is 1. The number of hydrogen-bond acceptors (Lipinski definition) is 3. The van der Waals surface area contributed by atoms with Gasteiger partial charge in [-0.15, -0.1) is 0 Å². The van der Waals surface area contributed by atoms with E-state index in [1.807, 2.05) is 0 Å². The Hall–Kier alpha value is -1.26. The molecule has 17 heavy (non-hydrogen) atoms. The molecule has 0 fully saturated rings. The van der Waals surface area contributed by atoms with Gasteiger partial charge in [-0.1, -0.05) is 11.6 Å². The van der Waals surface area contributed by atoms with Crippen LogP contribution in [-0.2, 0) is 0 Å². The molecule has 0 aliphatic rings. The molecule has 0 aliphatic heterocycles. The van der Waals surface area contributed by atoms with Crippen LogP contribution in [-0.4, -0.2) is 29.4 Å². The standard InChI is InChI=1S/C12H15ClO4/c13-9-4-5-10(12(15)16)11(8-9)17-7-3-1-2-6-14/h4-5,8,14H,1-3,6-7H2,(H,15,16). The molecule has 0 radical (unpaired) electrons. The van der Waals surface area contributed by atoms with E-state index in [1.165, 1.54) is 18.2 Å². The van der Waals surface area contributed by atoms with Crippen LogP contribution in [0, 0.1) is 0 Å². The van der Waals surface area contributed by atoms with Gasteiger partial charge in [0.1, 0.15) is 11.3 Å². The Morgan fingerprint density at radius 1 is 1.29 bits per heavy atom. The molecule has 4 nitrogen and oxygen atoms in total. The number of halogens is 1. The van der Waals surface area contributed by atoms with Gasteiger partial charge in [0.2, 0.25) is 0 Å². The molecule has 1 rings (SSSR count). The Balaban J connectivity index is 2.56. The first-order chi connectivity index (χ1) is 8.15. The maximum atomic E-state index is 10.9. The largest absolute Gasteiger partial charge is 0.493 e. The summed E-state index contributed by atoms with van der Waals surface area (Å²) in [5, 5.41) is 18.0. The fraction of sp³-hybridized carbons (Fsp3) is 0.417. The summed E-state index contributed by atoms with van der Waals surface area (Å²) in [5.74, 6) is -0.749. The van der Waals surface area contributed by atoms with E-state index < -0.39 is 5.97 Å². The summed E-state index contributed by atoms with van der Waals surface area (Å²) in [4.78, 5) is 10.9. The van der Waals surface area contributed by atoms with E-state index in [0.29, 0.717) is 11.6 Å². The number of rotatable bonds is 7. The number of carbonyl (C=O) groups is 1. The fourth-order valence-corrected chi connectivity index (χ4v) is 1.53. The Labute approximate surface area is 105 Å². The quantitative estimate of drug-likeness (QED) is 0.738. The number of aromatic carboxylic acids is 1. The molecule has 0 saturated heterocycles. The molecule has 0 atom stereocenters. The van der Waals surface area contributed by atoms with E-state index in [1.54, 1.807) is 0 Å². The molecule has 94 valence electrons. The summed E-state index contributed by atoms with van der Waals surface area (Å²) in [6.45, 7) is 0.582. The molecule has 0 aliphatic carbocycles. The molecule has 2 N–H and O–H groups in total. The molecular weight excluding hydrogens is 244 g/mol. The van der Waals surface area contributed by atoms with Gasteiger partial charge in [0.15, 0.2) is 0 Å². The maximum absolute atomic E-state index is 10.9. The Morgan fingerprint density at radius 3 is 2.71 bits per heavy atom. The van der Waals surface area contributed by atoms with E-state index in [9.17, 15) is 4.79 Å². The smallest absolute Gasteiger partial charge is 0.339 e. The average molecular weight is 259 g/mol. The van der Waals surface area contributed by atoms with Gasteiger partial charge in [-0.25, -0.2) is 4.79 Å². The van der Waals surface area contributed by atoms with Crippen molar-refractivity contribution in [3.8, 4) is 5.75 Å². The third kappa shape index (κ3) is 4.63. The first kappa shape index (κ1) is 13.8. The highest BCUT2D eigenvalue weighted by Crippen LogP contribution is 2.23. The van der Waals surface area contributed by atoms with Gasteiger partial charge < -0.3 is 14.9 Å². The van der Waals surface area contributed by atoms with Crippen molar-refractivity contribution in [2.24, 2.45) is 0 Å². The highest BCUT2D eigenvalue weighted by Gasteiger charge is 2.11. The van der Waals surface area contributed by atoms with Gasteiger partial charge in [0.05, 0.1) is 6.61 Å². The lowest BCUT2D eigenvalue weighted by Gasteiger charge is -2.09. The predicted molar refractivity (Wildman–Crippen MR) is 64.8 cm³/mol. The molecule has 0 unspecified atom stereocenters. The van der Waals surface area contributed by atoms with Gasteiger partial charge >= 0.3 is 5.97 Å². The third-order valence-corrected chi connectivity index (χ3v) is 2.47. The van der Waals surface area contributed by atoms with E-state index >= 15 is 0 Å². The van der Waals surface area contributed by atoms with Gasteiger partial charge in [0.25, 0.3) is 0 Å². The molecule has 5 heteroatoms. The second-order valence-electron chi connectivity index (χ2n) is 3.58. The van der Waals surface area contributed by atoms with Crippen LogP contribution < -0.4 is 4.74 Å². The molecular formula is C12H15ClO4. The van der Waals surface area contributed by atoms with Crippen LogP contribution in [0.4, 0.5) is 0 Å². The predicted octanol–water partition coefficient (Wildman–Crippen LogP) is 2.58. The number of aliphatic hydroxyl groups excluding tert-OH is 1.